The number of thiazole rings is 1. The molecule has 2 saturated carbocycles. The number of ketones is 2. The van der Waals surface area contributed by atoms with Gasteiger partial charge in [-0.15, -0.1) is 11.3 Å². The van der Waals surface area contributed by atoms with Gasteiger partial charge in [-0.3, -0.25) is 29.2 Å². The minimum absolute atomic E-state index is 0.0127. The Morgan fingerprint density at radius 3 is 2.00 bits per heavy atom. The van der Waals surface area contributed by atoms with Gasteiger partial charge in [0.2, 0.25) is 0 Å². The number of amides is 1. The monoisotopic (exact) mass is 713 g/mol. The molecule has 0 unspecified atom stereocenters. The van der Waals surface area contributed by atoms with E-state index >= 15 is 0 Å². The van der Waals surface area contributed by atoms with Crippen molar-refractivity contribution in [1.29, 1.82) is 5.26 Å². The Kier molecular flexibility index (Phi) is 11.2. The van der Waals surface area contributed by atoms with Crippen molar-refractivity contribution in [1.82, 2.24) is 24.8 Å². The van der Waals surface area contributed by atoms with Crippen molar-refractivity contribution < 1.29 is 14.4 Å². The van der Waals surface area contributed by atoms with Crippen LogP contribution in [0.2, 0.25) is 0 Å². The fourth-order valence-electron chi connectivity index (χ4n) is 5.06. The molecular weight excluding hydrogens is 678 g/mol. The van der Waals surface area contributed by atoms with Crippen molar-refractivity contribution in [3.8, 4) is 17.6 Å². The molecule has 4 aromatic heterocycles. The Morgan fingerprint density at radius 2 is 1.43 bits per heavy atom. The van der Waals surface area contributed by atoms with Crippen molar-refractivity contribution >= 4 is 49.9 Å². The molecule has 3 fully saturated rings. The molecule has 1 saturated heterocycles. The summed E-state index contributed by atoms with van der Waals surface area (Å²) in [6.45, 7) is 3.70. The maximum Gasteiger partial charge on any atom is 0.251 e. The number of pyridine rings is 3. The molecule has 1 atom stereocenters. The molecule has 47 heavy (non-hydrogen) atoms. The number of aromatic nitrogens is 4. The fourth-order valence-corrected chi connectivity index (χ4v) is 6.19. The number of nitrogens with zero attached hydrogens (tertiary/aromatic N) is 7. The first-order valence-electron chi connectivity index (χ1n) is 15.6. The minimum Gasteiger partial charge on any atom is -0.298 e. The van der Waals surface area contributed by atoms with Gasteiger partial charge in [-0.2, -0.15) is 5.26 Å². The standard InChI is InChI=1S/C18H19N5OS.C10H11NO.C7H6BrNO/c1-22(17(24)16-6-3-9-23(16)11-19)18-21-15(10-25-18)14-5-2-4-13(20-14)12-7-8-12;1-7(12)9-3-2-4-10(11-9)8-5-6-8;1-5(10)6-3-2-4-7(8)9-6/h2,4-5,10,12,16H,3,6-9H2,1H3;2-4,8H,5-6H2,1H3;2-4H,1H3/t16-;;/m0../s1. The maximum atomic E-state index is 12.7. The molecule has 2 aliphatic carbocycles. The average molecular weight is 715 g/mol. The minimum atomic E-state index is -0.362. The van der Waals surface area contributed by atoms with Gasteiger partial charge in [-0.1, -0.05) is 18.2 Å². The van der Waals surface area contributed by atoms with E-state index in [-0.39, 0.29) is 23.5 Å². The number of halogens is 1. The van der Waals surface area contributed by atoms with Gasteiger partial charge in [-0.25, -0.2) is 15.0 Å². The van der Waals surface area contributed by atoms with Crippen molar-refractivity contribution in [2.45, 2.75) is 70.3 Å². The quantitative estimate of drug-likeness (QED) is 0.111. The normalized spacial score (nSPS) is 16.6. The highest BCUT2D eigenvalue weighted by Crippen LogP contribution is 2.40. The van der Waals surface area contributed by atoms with Crippen LogP contribution in [0.25, 0.3) is 11.4 Å². The number of hydrogen-bond acceptors (Lipinski definition) is 10. The van der Waals surface area contributed by atoms with Crippen LogP contribution in [0.15, 0.2) is 64.6 Å². The first kappa shape index (κ1) is 34.0. The largest absolute Gasteiger partial charge is 0.298 e. The number of rotatable bonds is 7. The second-order valence-corrected chi connectivity index (χ2v) is 13.4. The summed E-state index contributed by atoms with van der Waals surface area (Å²) < 4.78 is 0.695. The first-order valence-corrected chi connectivity index (χ1v) is 17.3. The summed E-state index contributed by atoms with van der Waals surface area (Å²) in [6.07, 6.45) is 8.60. The third-order valence-electron chi connectivity index (χ3n) is 8.01. The highest BCUT2D eigenvalue weighted by Gasteiger charge is 2.33. The van der Waals surface area contributed by atoms with Gasteiger partial charge >= 0.3 is 0 Å². The Morgan fingerprint density at radius 1 is 0.830 bits per heavy atom. The van der Waals surface area contributed by atoms with E-state index in [4.69, 9.17) is 10.2 Å². The molecule has 1 amide bonds. The van der Waals surface area contributed by atoms with E-state index in [2.05, 4.69) is 43.1 Å². The second-order valence-electron chi connectivity index (χ2n) is 11.8. The smallest absolute Gasteiger partial charge is 0.251 e. The van der Waals surface area contributed by atoms with Crippen LogP contribution >= 0.6 is 27.3 Å². The van der Waals surface area contributed by atoms with E-state index in [1.807, 2.05) is 29.6 Å². The summed E-state index contributed by atoms with van der Waals surface area (Å²) in [5, 5.41) is 11.7. The number of likely N-dealkylation sites (N-methyl/N-ethyl adjacent to an activating group) is 1. The van der Waals surface area contributed by atoms with Gasteiger partial charge in [0.25, 0.3) is 5.91 Å². The molecule has 4 aromatic rings. The number of likely N-dealkylation sites (tertiary alicyclic amines) is 1. The lowest BCUT2D eigenvalue weighted by Crippen LogP contribution is -2.42. The van der Waals surface area contributed by atoms with Gasteiger partial charge in [-0.05, 0) is 90.9 Å². The molecule has 3 aliphatic rings. The molecule has 10 nitrogen and oxygen atoms in total. The molecule has 1 aliphatic heterocycles. The zero-order chi connectivity index (χ0) is 33.5. The van der Waals surface area contributed by atoms with Crippen LogP contribution in [0.4, 0.5) is 5.13 Å². The molecule has 7 rings (SSSR count). The lowest BCUT2D eigenvalue weighted by Gasteiger charge is -2.22. The zero-order valence-corrected chi connectivity index (χ0v) is 29.0. The van der Waals surface area contributed by atoms with E-state index < -0.39 is 0 Å². The summed E-state index contributed by atoms with van der Waals surface area (Å²) in [6, 6.07) is 16.6. The highest BCUT2D eigenvalue weighted by atomic mass is 79.9. The molecule has 242 valence electrons. The molecule has 5 heterocycles. The third-order valence-corrected chi connectivity index (χ3v) is 9.37. The number of hydrogen-bond donors (Lipinski definition) is 0. The summed E-state index contributed by atoms with van der Waals surface area (Å²) >= 11 is 4.60. The van der Waals surface area contributed by atoms with Crippen molar-refractivity contribution in [2.24, 2.45) is 0 Å². The molecule has 0 spiro atoms. The van der Waals surface area contributed by atoms with Crippen molar-refractivity contribution in [2.75, 3.05) is 18.5 Å². The summed E-state index contributed by atoms with van der Waals surface area (Å²) in [7, 11) is 1.73. The predicted molar refractivity (Wildman–Crippen MR) is 184 cm³/mol. The van der Waals surface area contributed by atoms with Crippen LogP contribution in [0, 0.1) is 11.5 Å². The number of carbonyl (C=O) groups excluding carboxylic acids is 3. The number of nitriles is 1. The number of Topliss-reactive ketones (excluding diaryl/α,β-unsaturated/α-hetero) is 2. The van der Waals surface area contributed by atoms with Gasteiger partial charge in [0, 0.05) is 56.0 Å². The van der Waals surface area contributed by atoms with Crippen LogP contribution in [0.3, 0.4) is 0 Å². The zero-order valence-electron chi connectivity index (χ0n) is 26.6. The molecular formula is C35H36BrN7O3S. The van der Waals surface area contributed by atoms with E-state index in [0.29, 0.717) is 39.5 Å². The van der Waals surface area contributed by atoms with Gasteiger partial charge in [0.1, 0.15) is 27.7 Å². The average Bonchev–Trinajstić information content (AvgIpc) is 4.02. The van der Waals surface area contributed by atoms with Crippen LogP contribution < -0.4 is 4.90 Å². The van der Waals surface area contributed by atoms with Crippen LogP contribution in [-0.4, -0.2) is 61.9 Å². The van der Waals surface area contributed by atoms with E-state index in [1.165, 1.54) is 43.9 Å². The van der Waals surface area contributed by atoms with Crippen LogP contribution in [0.5, 0.6) is 0 Å². The predicted octanol–water partition coefficient (Wildman–Crippen LogP) is 7.20. The fraction of sp³-hybridized carbons (Fsp3) is 0.371. The van der Waals surface area contributed by atoms with Crippen LogP contribution in [-0.2, 0) is 4.79 Å². The van der Waals surface area contributed by atoms with E-state index in [0.717, 1.165) is 35.6 Å². The third kappa shape index (κ3) is 9.14. The SMILES string of the molecule is CC(=O)c1cccc(Br)n1.CC(=O)c1cccc(C2CC2)n1.CN(C(=O)[C@@H]1CCCN1C#N)c1nc(-c2cccc(C3CC3)n2)cs1. The molecule has 0 N–H and O–H groups in total. The first-order chi connectivity index (χ1) is 22.6. The van der Waals surface area contributed by atoms with Crippen molar-refractivity contribution in [3.63, 3.8) is 0 Å². The highest BCUT2D eigenvalue weighted by molar-refractivity contribution is 9.10. The Hall–Kier alpha value is -4.34. The van der Waals surface area contributed by atoms with Gasteiger partial charge in [0.05, 0.1) is 5.69 Å². The summed E-state index contributed by atoms with van der Waals surface area (Å²) in [5.74, 6) is 1.20. The summed E-state index contributed by atoms with van der Waals surface area (Å²) in [4.78, 5) is 55.1. The van der Waals surface area contributed by atoms with Crippen LogP contribution in [0.1, 0.15) is 96.6 Å². The lowest BCUT2D eigenvalue weighted by atomic mass is 10.2. The Bertz CT molecular complexity index is 1800. The molecule has 0 aromatic carbocycles. The molecule has 0 radical (unpaired) electrons. The number of anilines is 1. The summed E-state index contributed by atoms with van der Waals surface area (Å²) in [5.41, 5.74) is 4.96. The Labute approximate surface area is 287 Å². The van der Waals surface area contributed by atoms with Crippen molar-refractivity contribution in [3.05, 3.63) is 87.4 Å². The van der Waals surface area contributed by atoms with Gasteiger partial charge < -0.3 is 0 Å². The van der Waals surface area contributed by atoms with E-state index in [9.17, 15) is 14.4 Å². The number of carbonyl (C=O) groups is 3. The molecule has 12 heteroatoms. The molecule has 0 bridgehead atoms. The Balaban J connectivity index is 0.000000163. The second kappa shape index (κ2) is 15.5. The van der Waals surface area contributed by atoms with E-state index in [1.54, 1.807) is 48.0 Å². The van der Waals surface area contributed by atoms with Gasteiger partial charge in [0.15, 0.2) is 22.9 Å². The lowest BCUT2D eigenvalue weighted by molar-refractivity contribution is -0.121. The topological polar surface area (TPSA) is 133 Å². The maximum absolute atomic E-state index is 12.7.